The van der Waals surface area contributed by atoms with Crippen molar-refractivity contribution in [2.75, 3.05) is 35.6 Å². The highest BCUT2D eigenvalue weighted by molar-refractivity contribution is 7.92. The molecule has 2 aliphatic heterocycles. The zero-order valence-corrected chi connectivity index (χ0v) is 19.7. The smallest absolute Gasteiger partial charge is 0.261 e. The van der Waals surface area contributed by atoms with Gasteiger partial charge in [-0.2, -0.15) is 0 Å². The molecule has 0 bridgehead atoms. The lowest BCUT2D eigenvalue weighted by Gasteiger charge is -2.42. The maximum absolute atomic E-state index is 13.2. The second-order valence-electron chi connectivity index (χ2n) is 9.61. The number of anilines is 3. The van der Waals surface area contributed by atoms with E-state index in [1.54, 1.807) is 18.2 Å². The van der Waals surface area contributed by atoms with Crippen LogP contribution < -0.4 is 14.9 Å². The Morgan fingerprint density at radius 1 is 1.03 bits per heavy atom. The van der Waals surface area contributed by atoms with Crippen molar-refractivity contribution in [3.8, 4) is 0 Å². The normalized spacial score (nSPS) is 25.5. The molecule has 0 spiro atoms. The van der Waals surface area contributed by atoms with Crippen LogP contribution in [0.25, 0.3) is 0 Å². The van der Waals surface area contributed by atoms with Crippen molar-refractivity contribution in [1.29, 1.82) is 0 Å². The summed E-state index contributed by atoms with van der Waals surface area (Å²) in [6.07, 6.45) is 7.53. The summed E-state index contributed by atoms with van der Waals surface area (Å²) in [4.78, 5) is 2.22. The highest BCUT2D eigenvalue weighted by Gasteiger charge is 2.44. The maximum atomic E-state index is 13.2. The number of benzene rings is 2. The Bertz CT molecular complexity index is 1080. The number of rotatable bonds is 5. The van der Waals surface area contributed by atoms with Gasteiger partial charge in [0.05, 0.1) is 16.7 Å². The van der Waals surface area contributed by atoms with Crippen LogP contribution in [0.3, 0.4) is 0 Å². The van der Waals surface area contributed by atoms with E-state index in [4.69, 9.17) is 4.74 Å². The first kappa shape index (κ1) is 21.6. The van der Waals surface area contributed by atoms with Crippen molar-refractivity contribution < 1.29 is 13.2 Å². The molecule has 5 rings (SSSR count). The molecule has 1 saturated carbocycles. The number of nitrogens with zero attached hydrogens (tertiary/aromatic N) is 1. The van der Waals surface area contributed by atoms with Crippen molar-refractivity contribution >= 4 is 27.1 Å². The summed E-state index contributed by atoms with van der Waals surface area (Å²) in [6, 6.07) is 13.3. The Kier molecular flexibility index (Phi) is 5.80. The second kappa shape index (κ2) is 8.60. The van der Waals surface area contributed by atoms with E-state index in [1.807, 2.05) is 43.3 Å². The standard InChI is InChI=1S/C25H33N3O3S/c1-28(2)19-10-6-9-18(15-19)27-32(29,30)20-11-12-23-22(16-20)25-21(13-14-31-25)24(26-23)17-7-4-3-5-8-17/h6,9-12,15-17,21,24-27H,3-5,7-8,13-14H2,1-2H3/t21-,24-,25-/m0/s1. The third-order valence-corrected chi connectivity index (χ3v) is 8.71. The van der Waals surface area contributed by atoms with Crippen LogP contribution in [-0.4, -0.2) is 35.2 Å². The summed E-state index contributed by atoms with van der Waals surface area (Å²) in [5.41, 5.74) is 3.50. The zero-order chi connectivity index (χ0) is 22.3. The Morgan fingerprint density at radius 3 is 2.62 bits per heavy atom. The Morgan fingerprint density at radius 2 is 1.84 bits per heavy atom. The van der Waals surface area contributed by atoms with Crippen molar-refractivity contribution in [2.45, 2.75) is 55.6 Å². The molecule has 2 aromatic rings. The summed E-state index contributed by atoms with van der Waals surface area (Å²) >= 11 is 0. The number of sulfonamides is 1. The molecule has 32 heavy (non-hydrogen) atoms. The van der Waals surface area contributed by atoms with Gasteiger partial charge >= 0.3 is 0 Å². The fourth-order valence-electron chi connectivity index (χ4n) is 5.68. The van der Waals surface area contributed by atoms with E-state index in [1.165, 1.54) is 32.1 Å². The number of hydrogen-bond acceptors (Lipinski definition) is 5. The lowest BCUT2D eigenvalue weighted by molar-refractivity contribution is 0.0730. The van der Waals surface area contributed by atoms with E-state index < -0.39 is 10.0 Å². The molecule has 0 unspecified atom stereocenters. The van der Waals surface area contributed by atoms with Gasteiger partial charge in [-0.15, -0.1) is 0 Å². The highest BCUT2D eigenvalue weighted by Crippen LogP contribution is 2.48. The summed E-state index contributed by atoms with van der Waals surface area (Å²) in [7, 11) is 0.163. The number of ether oxygens (including phenoxy) is 1. The highest BCUT2D eigenvalue weighted by atomic mass is 32.2. The number of hydrogen-bond donors (Lipinski definition) is 2. The fraction of sp³-hybridized carbons (Fsp3) is 0.520. The van der Waals surface area contributed by atoms with Crippen LogP contribution in [0.4, 0.5) is 17.1 Å². The SMILES string of the molecule is CN(C)c1cccc(NS(=O)(=O)c2ccc3c(c2)[C@H]2OCC[C@H]2[C@H](C2CCCCC2)N3)c1. The monoisotopic (exact) mass is 455 g/mol. The van der Waals surface area contributed by atoms with Crippen LogP contribution in [0.2, 0.25) is 0 Å². The predicted octanol–water partition coefficient (Wildman–Crippen LogP) is 5.01. The molecule has 2 N–H and O–H groups in total. The molecule has 172 valence electrons. The predicted molar refractivity (Wildman–Crippen MR) is 129 cm³/mol. The van der Waals surface area contributed by atoms with E-state index in [0.717, 1.165) is 30.0 Å². The van der Waals surface area contributed by atoms with Gasteiger partial charge in [0.1, 0.15) is 0 Å². The molecule has 3 atom stereocenters. The van der Waals surface area contributed by atoms with Crippen LogP contribution >= 0.6 is 0 Å². The van der Waals surface area contributed by atoms with E-state index in [2.05, 4.69) is 10.0 Å². The van der Waals surface area contributed by atoms with Gasteiger partial charge in [0.2, 0.25) is 0 Å². The quantitative estimate of drug-likeness (QED) is 0.664. The summed E-state index contributed by atoms with van der Waals surface area (Å²) < 4.78 is 35.3. The average molecular weight is 456 g/mol. The number of fused-ring (bicyclic) bond motifs is 3. The molecule has 1 aliphatic carbocycles. The van der Waals surface area contributed by atoms with Crippen molar-refractivity contribution in [3.63, 3.8) is 0 Å². The fourth-order valence-corrected chi connectivity index (χ4v) is 6.76. The van der Waals surface area contributed by atoms with Crippen molar-refractivity contribution in [1.82, 2.24) is 0 Å². The van der Waals surface area contributed by atoms with E-state index in [9.17, 15) is 8.42 Å². The minimum absolute atomic E-state index is 0.0228. The lowest BCUT2D eigenvalue weighted by Crippen LogP contribution is -2.42. The molecule has 7 heteroatoms. The first-order valence-electron chi connectivity index (χ1n) is 11.7. The molecule has 0 aromatic heterocycles. The second-order valence-corrected chi connectivity index (χ2v) is 11.3. The third kappa shape index (κ3) is 4.08. The van der Waals surface area contributed by atoms with E-state index in [0.29, 0.717) is 23.6 Å². The first-order chi connectivity index (χ1) is 15.4. The van der Waals surface area contributed by atoms with Crippen LogP contribution in [0.1, 0.15) is 50.2 Å². The molecule has 3 aliphatic rings. The molecule has 2 heterocycles. The minimum Gasteiger partial charge on any atom is -0.381 e. The Labute approximate surface area is 191 Å². The molecule has 1 saturated heterocycles. The summed E-state index contributed by atoms with van der Waals surface area (Å²) in [5, 5.41) is 3.79. The average Bonchev–Trinajstić information content (AvgIpc) is 3.29. The largest absolute Gasteiger partial charge is 0.381 e. The topological polar surface area (TPSA) is 70.7 Å². The van der Waals surface area contributed by atoms with Crippen LogP contribution in [-0.2, 0) is 14.8 Å². The molecule has 0 amide bonds. The van der Waals surface area contributed by atoms with Gasteiger partial charge in [-0.25, -0.2) is 8.42 Å². The van der Waals surface area contributed by atoms with Crippen LogP contribution in [0.15, 0.2) is 47.4 Å². The van der Waals surface area contributed by atoms with E-state index in [-0.39, 0.29) is 11.0 Å². The molecular weight excluding hydrogens is 422 g/mol. The molecule has 0 radical (unpaired) electrons. The van der Waals surface area contributed by atoms with Gasteiger partial charge in [-0.1, -0.05) is 25.3 Å². The third-order valence-electron chi connectivity index (χ3n) is 7.33. The molecule has 6 nitrogen and oxygen atoms in total. The van der Waals surface area contributed by atoms with Gasteiger partial charge in [-0.05, 0) is 61.6 Å². The first-order valence-corrected chi connectivity index (χ1v) is 13.2. The Hall–Kier alpha value is -2.25. The van der Waals surface area contributed by atoms with Crippen LogP contribution in [0, 0.1) is 11.8 Å². The van der Waals surface area contributed by atoms with Gasteiger partial charge in [0.25, 0.3) is 10.0 Å². The summed E-state index contributed by atoms with van der Waals surface area (Å²) in [6.45, 7) is 0.742. The van der Waals surface area contributed by atoms with Gasteiger partial charge in [0, 0.05) is 49.6 Å². The minimum atomic E-state index is -3.70. The van der Waals surface area contributed by atoms with E-state index >= 15 is 0 Å². The van der Waals surface area contributed by atoms with Gasteiger partial charge in [-0.3, -0.25) is 4.72 Å². The maximum Gasteiger partial charge on any atom is 0.261 e. The number of nitrogens with one attached hydrogen (secondary N) is 2. The zero-order valence-electron chi connectivity index (χ0n) is 18.9. The molecule has 2 aromatic carbocycles. The van der Waals surface area contributed by atoms with Crippen molar-refractivity contribution in [2.24, 2.45) is 11.8 Å². The Balaban J connectivity index is 1.42. The van der Waals surface area contributed by atoms with Crippen LogP contribution in [0.5, 0.6) is 0 Å². The van der Waals surface area contributed by atoms with Gasteiger partial charge in [0.15, 0.2) is 0 Å². The summed E-state index contributed by atoms with van der Waals surface area (Å²) in [5.74, 6) is 1.09. The van der Waals surface area contributed by atoms with Crippen molar-refractivity contribution in [3.05, 3.63) is 48.0 Å². The lowest BCUT2D eigenvalue weighted by atomic mass is 9.73. The molecule has 2 fully saturated rings. The van der Waals surface area contributed by atoms with Gasteiger partial charge < -0.3 is 15.0 Å². The molecular formula is C25H33N3O3S.